The highest BCUT2D eigenvalue weighted by molar-refractivity contribution is 5.98. The normalized spacial score (nSPS) is 16.1. The molecule has 1 aromatic carbocycles. The Kier molecular flexibility index (Phi) is 2.62. The molecule has 1 atom stereocenters. The summed E-state index contributed by atoms with van der Waals surface area (Å²) in [5, 5.41) is 8.68. The largest absolute Gasteiger partial charge is 0.480 e. The number of benzene rings is 1. The Hall–Kier alpha value is -1.88. The number of nitrogens with zero attached hydrogens (tertiary/aromatic N) is 1. The fraction of sp³-hybridized carbons (Fsp3) is 0.273. The van der Waals surface area contributed by atoms with Crippen LogP contribution in [0, 0.1) is 0 Å². The molecule has 2 rings (SSSR count). The number of carbonyl (C=O) groups is 2. The summed E-state index contributed by atoms with van der Waals surface area (Å²) in [7, 11) is 0. The van der Waals surface area contributed by atoms with Crippen LogP contribution in [0.3, 0.4) is 0 Å². The third-order valence-electron chi connectivity index (χ3n) is 2.63. The third kappa shape index (κ3) is 1.77. The van der Waals surface area contributed by atoms with Crippen molar-refractivity contribution < 1.29 is 14.7 Å². The first kappa shape index (κ1) is 10.6. The smallest absolute Gasteiger partial charge is 0.322 e. The van der Waals surface area contributed by atoms with Gasteiger partial charge in [-0.25, -0.2) is 0 Å². The Balaban J connectivity index is 2.13. The highest BCUT2D eigenvalue weighted by Gasteiger charge is 2.29. The predicted octanol–water partition coefficient (Wildman–Crippen LogP) is 0.0543. The Morgan fingerprint density at radius 2 is 2.19 bits per heavy atom. The molecule has 0 spiro atoms. The number of carboxylic acids is 1. The lowest BCUT2D eigenvalue weighted by atomic mass is 10.1. The van der Waals surface area contributed by atoms with Gasteiger partial charge in [-0.05, 0) is 11.6 Å². The van der Waals surface area contributed by atoms with E-state index in [9.17, 15) is 9.59 Å². The van der Waals surface area contributed by atoms with Crippen LogP contribution in [-0.2, 0) is 11.3 Å². The van der Waals surface area contributed by atoms with E-state index in [-0.39, 0.29) is 12.5 Å². The Morgan fingerprint density at radius 1 is 1.50 bits per heavy atom. The van der Waals surface area contributed by atoms with E-state index in [2.05, 4.69) is 0 Å². The van der Waals surface area contributed by atoms with Gasteiger partial charge in [0.15, 0.2) is 0 Å². The van der Waals surface area contributed by atoms with Crippen LogP contribution in [0.15, 0.2) is 24.3 Å². The minimum atomic E-state index is -1.09. The molecule has 0 fully saturated rings. The van der Waals surface area contributed by atoms with Gasteiger partial charge in [0.2, 0.25) is 0 Å². The fourth-order valence-electron chi connectivity index (χ4n) is 1.78. The van der Waals surface area contributed by atoms with Crippen LogP contribution in [-0.4, -0.2) is 34.5 Å². The van der Waals surface area contributed by atoms with Gasteiger partial charge in [-0.15, -0.1) is 0 Å². The summed E-state index contributed by atoms with van der Waals surface area (Å²) < 4.78 is 0. The van der Waals surface area contributed by atoms with Crippen molar-refractivity contribution in [1.29, 1.82) is 0 Å². The highest BCUT2D eigenvalue weighted by atomic mass is 16.4. The average molecular weight is 220 g/mol. The number of aliphatic carboxylic acids is 1. The molecule has 0 bridgehead atoms. The summed E-state index contributed by atoms with van der Waals surface area (Å²) in [5.74, 6) is -1.24. The fourth-order valence-corrected chi connectivity index (χ4v) is 1.78. The molecule has 16 heavy (non-hydrogen) atoms. The summed E-state index contributed by atoms with van der Waals surface area (Å²) in [6.45, 7) is 0.485. The predicted molar refractivity (Wildman–Crippen MR) is 56.8 cm³/mol. The molecule has 1 aliphatic rings. The van der Waals surface area contributed by atoms with Crippen molar-refractivity contribution in [3.05, 3.63) is 35.4 Å². The second-order valence-corrected chi connectivity index (χ2v) is 3.79. The topological polar surface area (TPSA) is 83.6 Å². The summed E-state index contributed by atoms with van der Waals surface area (Å²) in [5.41, 5.74) is 6.96. The zero-order valence-electron chi connectivity index (χ0n) is 8.59. The molecular weight excluding hydrogens is 208 g/mol. The number of hydrogen-bond acceptors (Lipinski definition) is 3. The molecule has 0 aliphatic carbocycles. The molecule has 1 aliphatic heterocycles. The summed E-state index contributed by atoms with van der Waals surface area (Å²) >= 11 is 0. The zero-order valence-corrected chi connectivity index (χ0v) is 8.59. The summed E-state index contributed by atoms with van der Waals surface area (Å²) in [6, 6.07) is 6.21. The number of carboxylic acid groups (broad SMARTS) is 1. The number of rotatable bonds is 3. The molecule has 0 saturated heterocycles. The second-order valence-electron chi connectivity index (χ2n) is 3.79. The van der Waals surface area contributed by atoms with Crippen molar-refractivity contribution in [3.8, 4) is 0 Å². The van der Waals surface area contributed by atoms with E-state index in [0.717, 1.165) is 5.56 Å². The van der Waals surface area contributed by atoms with Gasteiger partial charge in [-0.2, -0.15) is 0 Å². The molecule has 1 heterocycles. The van der Waals surface area contributed by atoms with E-state index in [1.54, 1.807) is 12.1 Å². The lowest BCUT2D eigenvalue weighted by Gasteiger charge is -2.17. The van der Waals surface area contributed by atoms with Crippen LogP contribution < -0.4 is 5.73 Å². The molecule has 1 aromatic rings. The number of amides is 1. The Morgan fingerprint density at radius 3 is 2.81 bits per heavy atom. The van der Waals surface area contributed by atoms with Crippen molar-refractivity contribution in [1.82, 2.24) is 4.90 Å². The van der Waals surface area contributed by atoms with Crippen LogP contribution in [0.2, 0.25) is 0 Å². The quantitative estimate of drug-likeness (QED) is 0.754. The molecule has 5 heteroatoms. The van der Waals surface area contributed by atoms with Crippen molar-refractivity contribution in [2.24, 2.45) is 5.73 Å². The number of hydrogen-bond donors (Lipinski definition) is 2. The van der Waals surface area contributed by atoms with Gasteiger partial charge < -0.3 is 15.7 Å². The first-order valence-corrected chi connectivity index (χ1v) is 4.95. The van der Waals surface area contributed by atoms with E-state index >= 15 is 0 Å². The maximum absolute atomic E-state index is 11.8. The maximum atomic E-state index is 11.8. The summed E-state index contributed by atoms with van der Waals surface area (Å²) in [4.78, 5) is 23.9. The summed E-state index contributed by atoms with van der Waals surface area (Å²) in [6.07, 6.45) is 0. The molecule has 3 N–H and O–H groups in total. The first-order chi connectivity index (χ1) is 7.59. The minimum absolute atomic E-state index is 0.0445. The monoisotopic (exact) mass is 220 g/mol. The Bertz CT molecular complexity index is 445. The lowest BCUT2D eigenvalue weighted by molar-refractivity contribution is -0.138. The van der Waals surface area contributed by atoms with Crippen LogP contribution in [0.4, 0.5) is 0 Å². The standard InChI is InChI=1S/C11H12N2O3/c12-9(11(15)16)6-13-5-7-3-1-2-4-8(7)10(13)14/h1-4,9H,5-6,12H2,(H,15,16)/t9-/m0/s1. The van der Waals surface area contributed by atoms with Crippen LogP contribution in [0.5, 0.6) is 0 Å². The first-order valence-electron chi connectivity index (χ1n) is 4.95. The Labute approximate surface area is 92.5 Å². The number of nitrogens with two attached hydrogens (primary N) is 1. The third-order valence-corrected chi connectivity index (χ3v) is 2.63. The van der Waals surface area contributed by atoms with E-state index in [1.807, 2.05) is 12.1 Å². The molecule has 0 radical (unpaired) electrons. The van der Waals surface area contributed by atoms with Crippen LogP contribution in [0.25, 0.3) is 0 Å². The van der Waals surface area contributed by atoms with Gasteiger partial charge in [-0.3, -0.25) is 9.59 Å². The van der Waals surface area contributed by atoms with Gasteiger partial charge in [0.05, 0.1) is 0 Å². The van der Waals surface area contributed by atoms with E-state index < -0.39 is 12.0 Å². The van der Waals surface area contributed by atoms with Gasteiger partial charge in [0, 0.05) is 18.7 Å². The van der Waals surface area contributed by atoms with Crippen molar-refractivity contribution >= 4 is 11.9 Å². The van der Waals surface area contributed by atoms with Gasteiger partial charge in [-0.1, -0.05) is 18.2 Å². The number of fused-ring (bicyclic) bond motifs is 1. The van der Waals surface area contributed by atoms with Gasteiger partial charge >= 0.3 is 5.97 Å². The maximum Gasteiger partial charge on any atom is 0.322 e. The van der Waals surface area contributed by atoms with Gasteiger partial charge in [0.25, 0.3) is 5.91 Å². The van der Waals surface area contributed by atoms with E-state index in [1.165, 1.54) is 4.90 Å². The van der Waals surface area contributed by atoms with Crippen molar-refractivity contribution in [3.63, 3.8) is 0 Å². The van der Waals surface area contributed by atoms with Crippen molar-refractivity contribution in [2.75, 3.05) is 6.54 Å². The molecular formula is C11H12N2O3. The molecule has 0 unspecified atom stereocenters. The van der Waals surface area contributed by atoms with Gasteiger partial charge in [0.1, 0.15) is 6.04 Å². The zero-order chi connectivity index (χ0) is 11.7. The van der Waals surface area contributed by atoms with Crippen molar-refractivity contribution in [2.45, 2.75) is 12.6 Å². The average Bonchev–Trinajstić information content (AvgIpc) is 2.56. The molecule has 84 valence electrons. The minimum Gasteiger partial charge on any atom is -0.480 e. The van der Waals surface area contributed by atoms with E-state index in [0.29, 0.717) is 12.1 Å². The van der Waals surface area contributed by atoms with Crippen LogP contribution in [0.1, 0.15) is 15.9 Å². The number of carbonyl (C=O) groups excluding carboxylic acids is 1. The SMILES string of the molecule is N[C@@H](CN1Cc2ccccc2C1=O)C(=O)O. The lowest BCUT2D eigenvalue weighted by Crippen LogP contribution is -2.42. The highest BCUT2D eigenvalue weighted by Crippen LogP contribution is 2.21. The second kappa shape index (κ2) is 3.94. The van der Waals surface area contributed by atoms with Crippen LogP contribution >= 0.6 is 0 Å². The molecule has 0 aromatic heterocycles. The molecule has 5 nitrogen and oxygen atoms in total. The molecule has 1 amide bonds. The van der Waals surface area contributed by atoms with E-state index in [4.69, 9.17) is 10.8 Å². The molecule has 0 saturated carbocycles.